The van der Waals surface area contributed by atoms with Gasteiger partial charge in [-0.15, -0.1) is 10.2 Å². The van der Waals surface area contributed by atoms with Crippen molar-refractivity contribution in [1.29, 1.82) is 0 Å². The minimum absolute atomic E-state index is 0.0497. The van der Waals surface area contributed by atoms with Crippen molar-refractivity contribution in [2.45, 2.75) is 32.6 Å². The molecule has 0 spiro atoms. The van der Waals surface area contributed by atoms with Crippen LogP contribution in [0.3, 0.4) is 0 Å². The Labute approximate surface area is 136 Å². The summed E-state index contributed by atoms with van der Waals surface area (Å²) in [5.74, 6) is 0.621. The lowest BCUT2D eigenvalue weighted by atomic mass is 9.92. The molecule has 0 aliphatic carbocycles. The van der Waals surface area contributed by atoms with Gasteiger partial charge in [-0.05, 0) is 24.3 Å². The molecule has 1 aromatic carbocycles. The van der Waals surface area contributed by atoms with Crippen LogP contribution in [0.5, 0.6) is 5.75 Å². The number of rotatable bonds is 6. The molecule has 124 valence electrons. The standard InChI is InChI=1S/C15H16F2N2O3S/c1-15(2,3)11(20)8-23-14-19-18-12(22-14)9-4-6-10(7-5-9)21-13(16)17/h4-7,13H,8H2,1-3H3. The number of hydrogen-bond donors (Lipinski definition) is 0. The smallest absolute Gasteiger partial charge is 0.387 e. The number of halogens is 2. The molecule has 23 heavy (non-hydrogen) atoms. The molecule has 0 saturated carbocycles. The van der Waals surface area contributed by atoms with Gasteiger partial charge in [0.2, 0.25) is 5.89 Å². The number of carbonyl (C=O) groups excluding carboxylic acids is 1. The quantitative estimate of drug-likeness (QED) is 0.738. The highest BCUT2D eigenvalue weighted by Crippen LogP contribution is 2.27. The van der Waals surface area contributed by atoms with Gasteiger partial charge in [0, 0.05) is 11.0 Å². The van der Waals surface area contributed by atoms with Crippen molar-refractivity contribution < 1.29 is 22.7 Å². The second-order valence-corrected chi connectivity index (χ2v) is 6.66. The molecular weight excluding hydrogens is 326 g/mol. The molecule has 0 aliphatic rings. The fourth-order valence-electron chi connectivity index (χ4n) is 1.51. The Kier molecular flexibility index (Phi) is 5.35. The van der Waals surface area contributed by atoms with Crippen molar-refractivity contribution in [2.75, 3.05) is 5.75 Å². The molecule has 0 amide bonds. The van der Waals surface area contributed by atoms with Crippen LogP contribution in [0.25, 0.3) is 11.5 Å². The lowest BCUT2D eigenvalue weighted by molar-refractivity contribution is -0.123. The number of benzene rings is 1. The number of aromatic nitrogens is 2. The number of carbonyl (C=O) groups is 1. The summed E-state index contributed by atoms with van der Waals surface area (Å²) in [5, 5.41) is 8.02. The molecule has 0 aliphatic heterocycles. The Balaban J connectivity index is 2.00. The number of Topliss-reactive ketones (excluding diaryl/α,β-unsaturated/α-hetero) is 1. The summed E-state index contributed by atoms with van der Waals surface area (Å²) in [5.41, 5.74) is 0.157. The highest BCUT2D eigenvalue weighted by molar-refractivity contribution is 7.99. The molecule has 8 heteroatoms. The number of nitrogens with zero attached hydrogens (tertiary/aromatic N) is 2. The lowest BCUT2D eigenvalue weighted by Crippen LogP contribution is -2.21. The zero-order valence-corrected chi connectivity index (χ0v) is 13.7. The fourth-order valence-corrected chi connectivity index (χ4v) is 2.43. The average molecular weight is 342 g/mol. The molecule has 0 fully saturated rings. The highest BCUT2D eigenvalue weighted by Gasteiger charge is 2.22. The third-order valence-electron chi connectivity index (χ3n) is 2.90. The van der Waals surface area contributed by atoms with Crippen LogP contribution in [0.2, 0.25) is 0 Å². The molecule has 1 heterocycles. The van der Waals surface area contributed by atoms with Gasteiger partial charge in [-0.25, -0.2) is 0 Å². The second-order valence-electron chi connectivity index (χ2n) is 5.74. The van der Waals surface area contributed by atoms with Crippen LogP contribution >= 0.6 is 11.8 Å². The minimum Gasteiger partial charge on any atom is -0.435 e. The summed E-state index contributed by atoms with van der Waals surface area (Å²) in [6.07, 6.45) is 0. The molecule has 2 rings (SSSR count). The van der Waals surface area contributed by atoms with Crippen LogP contribution in [0.4, 0.5) is 8.78 Å². The van der Waals surface area contributed by atoms with Gasteiger partial charge in [0.25, 0.3) is 5.22 Å². The third-order valence-corrected chi connectivity index (χ3v) is 3.71. The van der Waals surface area contributed by atoms with Crippen molar-refractivity contribution >= 4 is 17.5 Å². The molecule has 0 N–H and O–H groups in total. The molecule has 0 saturated heterocycles. The van der Waals surface area contributed by atoms with Gasteiger partial charge < -0.3 is 9.15 Å². The molecule has 0 unspecified atom stereocenters. The molecule has 0 radical (unpaired) electrons. The van der Waals surface area contributed by atoms with Gasteiger partial charge in [0.15, 0.2) is 0 Å². The van der Waals surface area contributed by atoms with Gasteiger partial charge in [-0.1, -0.05) is 32.5 Å². The van der Waals surface area contributed by atoms with E-state index in [4.69, 9.17) is 4.42 Å². The molecule has 2 aromatic rings. The number of alkyl halides is 2. The van der Waals surface area contributed by atoms with Crippen LogP contribution in [0.1, 0.15) is 20.8 Å². The van der Waals surface area contributed by atoms with E-state index in [-0.39, 0.29) is 28.4 Å². The Bertz CT molecular complexity index is 666. The molecule has 1 aromatic heterocycles. The zero-order valence-electron chi connectivity index (χ0n) is 12.9. The first-order chi connectivity index (χ1) is 10.8. The van der Waals surface area contributed by atoms with Crippen molar-refractivity contribution in [3.63, 3.8) is 0 Å². The van der Waals surface area contributed by atoms with Crippen LogP contribution in [-0.4, -0.2) is 28.3 Å². The summed E-state index contributed by atoms with van der Waals surface area (Å²) in [6.45, 7) is 2.67. The first kappa shape index (κ1) is 17.4. The molecule has 0 bridgehead atoms. The van der Waals surface area contributed by atoms with Gasteiger partial charge >= 0.3 is 6.61 Å². The van der Waals surface area contributed by atoms with Crippen molar-refractivity contribution in [1.82, 2.24) is 10.2 Å². The average Bonchev–Trinajstić information content (AvgIpc) is 2.92. The van der Waals surface area contributed by atoms with Crippen molar-refractivity contribution in [2.24, 2.45) is 5.41 Å². The maximum atomic E-state index is 12.1. The minimum atomic E-state index is -2.87. The van der Waals surface area contributed by atoms with E-state index in [9.17, 15) is 13.6 Å². The van der Waals surface area contributed by atoms with Crippen LogP contribution in [0.15, 0.2) is 33.9 Å². The van der Waals surface area contributed by atoms with Gasteiger partial charge in [-0.2, -0.15) is 8.78 Å². The highest BCUT2D eigenvalue weighted by atomic mass is 32.2. The van der Waals surface area contributed by atoms with E-state index in [0.29, 0.717) is 5.56 Å². The lowest BCUT2D eigenvalue weighted by Gasteiger charge is -2.14. The van der Waals surface area contributed by atoms with Crippen LogP contribution in [-0.2, 0) is 4.79 Å². The predicted molar refractivity (Wildman–Crippen MR) is 81.6 cm³/mol. The SMILES string of the molecule is CC(C)(C)C(=O)CSc1nnc(-c2ccc(OC(F)F)cc2)o1. The maximum absolute atomic E-state index is 12.1. The van der Waals surface area contributed by atoms with E-state index in [1.807, 2.05) is 20.8 Å². The van der Waals surface area contributed by atoms with E-state index in [1.165, 1.54) is 23.9 Å². The topological polar surface area (TPSA) is 65.2 Å². The molecule has 0 atom stereocenters. The Morgan fingerprint density at radius 1 is 1.26 bits per heavy atom. The van der Waals surface area contributed by atoms with Gasteiger partial charge in [-0.3, -0.25) is 4.79 Å². The van der Waals surface area contributed by atoms with E-state index < -0.39 is 12.0 Å². The largest absolute Gasteiger partial charge is 0.435 e. The van der Waals surface area contributed by atoms with Crippen LogP contribution in [0, 0.1) is 5.41 Å². The van der Waals surface area contributed by atoms with Crippen molar-refractivity contribution in [3.05, 3.63) is 24.3 Å². The molecule has 5 nitrogen and oxygen atoms in total. The monoisotopic (exact) mass is 342 g/mol. The van der Waals surface area contributed by atoms with E-state index in [2.05, 4.69) is 14.9 Å². The predicted octanol–water partition coefficient (Wildman–Crippen LogP) is 4.05. The Hall–Kier alpha value is -1.96. The summed E-state index contributed by atoms with van der Waals surface area (Å²) in [7, 11) is 0. The fraction of sp³-hybridized carbons (Fsp3) is 0.400. The van der Waals surface area contributed by atoms with Crippen LogP contribution < -0.4 is 4.74 Å². The number of hydrogen-bond acceptors (Lipinski definition) is 6. The third kappa shape index (κ3) is 5.02. The van der Waals surface area contributed by atoms with E-state index >= 15 is 0 Å². The van der Waals surface area contributed by atoms with E-state index in [1.54, 1.807) is 12.1 Å². The Morgan fingerprint density at radius 2 is 1.91 bits per heavy atom. The summed E-state index contributed by atoms with van der Waals surface area (Å²) in [4.78, 5) is 11.9. The van der Waals surface area contributed by atoms with Crippen molar-refractivity contribution in [3.8, 4) is 17.2 Å². The number of thioether (sulfide) groups is 1. The van der Waals surface area contributed by atoms with Gasteiger partial charge in [0.05, 0.1) is 5.75 Å². The second kappa shape index (κ2) is 7.08. The Morgan fingerprint density at radius 3 is 2.48 bits per heavy atom. The number of ketones is 1. The molecular formula is C15H16F2N2O3S. The van der Waals surface area contributed by atoms with E-state index in [0.717, 1.165) is 0 Å². The first-order valence-corrected chi connectivity index (χ1v) is 7.79. The summed E-state index contributed by atoms with van der Waals surface area (Å²) in [6, 6.07) is 5.86. The first-order valence-electron chi connectivity index (χ1n) is 6.80. The number of ether oxygens (including phenoxy) is 1. The summed E-state index contributed by atoms with van der Waals surface area (Å²) < 4.78 is 33.9. The normalized spacial score (nSPS) is 11.7. The van der Waals surface area contributed by atoms with Gasteiger partial charge in [0.1, 0.15) is 11.5 Å². The summed E-state index contributed by atoms with van der Waals surface area (Å²) >= 11 is 1.17. The zero-order chi connectivity index (χ0) is 17.0. The maximum Gasteiger partial charge on any atom is 0.387 e.